The van der Waals surface area contributed by atoms with Gasteiger partial charge in [0, 0.05) is 23.1 Å². The lowest BCUT2D eigenvalue weighted by Gasteiger charge is -2.29. The molecule has 3 unspecified atom stereocenters. The average Bonchev–Trinajstić information content (AvgIpc) is 2.30. The van der Waals surface area contributed by atoms with Gasteiger partial charge in [0.05, 0.1) is 0 Å². The lowest BCUT2D eigenvalue weighted by Crippen LogP contribution is -2.33. The van der Waals surface area contributed by atoms with E-state index in [1.807, 2.05) is 0 Å². The molecule has 0 aromatic carbocycles. The molecule has 1 rings (SSSR count). The summed E-state index contributed by atoms with van der Waals surface area (Å²) in [5.74, 6) is 0.959. The van der Waals surface area contributed by atoms with Crippen LogP contribution >= 0.6 is 11.8 Å². The molecule has 1 aliphatic carbocycles. The van der Waals surface area contributed by atoms with Crippen molar-refractivity contribution < 1.29 is 0 Å². The molecule has 1 fully saturated rings. The topological polar surface area (TPSA) is 12.0 Å². The zero-order valence-corrected chi connectivity index (χ0v) is 13.0. The molecule has 0 aliphatic heterocycles. The van der Waals surface area contributed by atoms with Crippen LogP contribution < -0.4 is 5.32 Å². The maximum absolute atomic E-state index is 3.70. The molecule has 0 amide bonds. The summed E-state index contributed by atoms with van der Waals surface area (Å²) in [5, 5.41) is 5.40. The van der Waals surface area contributed by atoms with E-state index >= 15 is 0 Å². The molecule has 0 aromatic rings. The predicted molar refractivity (Wildman–Crippen MR) is 80.8 cm³/mol. The molecule has 0 saturated heterocycles. The summed E-state index contributed by atoms with van der Waals surface area (Å²) in [6.45, 7) is 10.5. The molecular weight excluding hydrogens is 226 g/mol. The van der Waals surface area contributed by atoms with Gasteiger partial charge in [-0.05, 0) is 31.6 Å². The minimum Gasteiger partial charge on any atom is -0.313 e. The highest BCUT2D eigenvalue weighted by molar-refractivity contribution is 8.00. The summed E-state index contributed by atoms with van der Waals surface area (Å²) in [6.07, 6.45) is 8.32. The first-order chi connectivity index (χ1) is 8.15. The van der Waals surface area contributed by atoms with Crippen molar-refractivity contribution in [3.8, 4) is 0 Å². The van der Waals surface area contributed by atoms with Gasteiger partial charge in [-0.15, -0.1) is 0 Å². The van der Waals surface area contributed by atoms with Crippen molar-refractivity contribution in [2.45, 2.75) is 82.8 Å². The second-order valence-corrected chi connectivity index (χ2v) is 7.51. The maximum atomic E-state index is 3.70. The average molecular weight is 257 g/mol. The molecule has 3 atom stereocenters. The largest absolute Gasteiger partial charge is 0.313 e. The first-order valence-corrected chi connectivity index (χ1v) is 8.48. The Bertz CT molecular complexity index is 191. The van der Waals surface area contributed by atoms with Gasteiger partial charge in [0.15, 0.2) is 0 Å². The van der Waals surface area contributed by atoms with E-state index in [1.165, 1.54) is 45.1 Å². The number of rotatable bonds is 7. The van der Waals surface area contributed by atoms with Crippen LogP contribution in [0.5, 0.6) is 0 Å². The van der Waals surface area contributed by atoms with Crippen LogP contribution in [0.15, 0.2) is 0 Å². The van der Waals surface area contributed by atoms with E-state index in [4.69, 9.17) is 0 Å². The van der Waals surface area contributed by atoms with Gasteiger partial charge in [-0.1, -0.05) is 40.5 Å². The number of nitrogens with one attached hydrogen (secondary N) is 1. The molecule has 2 heteroatoms. The van der Waals surface area contributed by atoms with Crippen molar-refractivity contribution >= 4 is 11.8 Å². The summed E-state index contributed by atoms with van der Waals surface area (Å²) in [4.78, 5) is 0. The second-order valence-electron chi connectivity index (χ2n) is 5.76. The van der Waals surface area contributed by atoms with Crippen LogP contribution in [0.1, 0.15) is 66.2 Å². The van der Waals surface area contributed by atoms with Gasteiger partial charge in [-0.25, -0.2) is 0 Å². The van der Waals surface area contributed by atoms with Crippen LogP contribution in [-0.4, -0.2) is 23.1 Å². The van der Waals surface area contributed by atoms with E-state index in [0.29, 0.717) is 0 Å². The standard InChI is InChI=1S/C15H31NS/c1-5-14(6-2)16-11-13(4)17-15-9-7-8-12(3)10-15/h12-16H,5-11H2,1-4H3. The SMILES string of the molecule is CCC(CC)NCC(C)SC1CCCC(C)C1. The Morgan fingerprint density at radius 1 is 1.24 bits per heavy atom. The van der Waals surface area contributed by atoms with Crippen LogP contribution in [0.2, 0.25) is 0 Å². The molecular formula is C15H31NS. The summed E-state index contributed by atoms with van der Waals surface area (Å²) < 4.78 is 0. The molecule has 17 heavy (non-hydrogen) atoms. The fraction of sp³-hybridized carbons (Fsp3) is 1.00. The van der Waals surface area contributed by atoms with Gasteiger partial charge in [-0.2, -0.15) is 11.8 Å². The molecule has 0 radical (unpaired) electrons. The second kappa shape index (κ2) is 8.42. The van der Waals surface area contributed by atoms with Crippen molar-refractivity contribution in [3.63, 3.8) is 0 Å². The predicted octanol–water partition coefficient (Wildman–Crippen LogP) is 4.47. The van der Waals surface area contributed by atoms with Crippen LogP contribution in [0.3, 0.4) is 0 Å². The van der Waals surface area contributed by atoms with Gasteiger partial charge in [0.2, 0.25) is 0 Å². The first-order valence-electron chi connectivity index (χ1n) is 7.54. The lowest BCUT2D eigenvalue weighted by molar-refractivity contribution is 0.393. The van der Waals surface area contributed by atoms with E-state index < -0.39 is 0 Å². The molecule has 102 valence electrons. The van der Waals surface area contributed by atoms with E-state index in [1.54, 1.807) is 0 Å². The molecule has 1 aliphatic rings. The smallest absolute Gasteiger partial charge is 0.0147 e. The van der Waals surface area contributed by atoms with Crippen molar-refractivity contribution in [2.24, 2.45) is 5.92 Å². The van der Waals surface area contributed by atoms with Crippen molar-refractivity contribution in [1.82, 2.24) is 5.32 Å². The maximum Gasteiger partial charge on any atom is 0.0147 e. The summed E-state index contributed by atoms with van der Waals surface area (Å²) >= 11 is 2.22. The highest BCUT2D eigenvalue weighted by Crippen LogP contribution is 2.33. The zero-order chi connectivity index (χ0) is 12.7. The lowest BCUT2D eigenvalue weighted by atomic mass is 9.91. The third-order valence-corrected chi connectivity index (χ3v) is 5.44. The van der Waals surface area contributed by atoms with E-state index in [0.717, 1.165) is 22.5 Å². The van der Waals surface area contributed by atoms with Crippen molar-refractivity contribution in [3.05, 3.63) is 0 Å². The van der Waals surface area contributed by atoms with Gasteiger partial charge in [0.25, 0.3) is 0 Å². The van der Waals surface area contributed by atoms with Gasteiger partial charge >= 0.3 is 0 Å². The summed E-state index contributed by atoms with van der Waals surface area (Å²) in [7, 11) is 0. The zero-order valence-electron chi connectivity index (χ0n) is 12.2. The Balaban J connectivity index is 2.17. The fourth-order valence-electron chi connectivity index (χ4n) is 2.79. The summed E-state index contributed by atoms with van der Waals surface area (Å²) in [6, 6.07) is 0.725. The van der Waals surface area contributed by atoms with Crippen LogP contribution in [0.25, 0.3) is 0 Å². The molecule has 0 aromatic heterocycles. The molecule has 0 bridgehead atoms. The van der Waals surface area contributed by atoms with Crippen LogP contribution in [0.4, 0.5) is 0 Å². The minimum absolute atomic E-state index is 0.725. The van der Waals surface area contributed by atoms with E-state index in [2.05, 4.69) is 44.8 Å². The number of hydrogen-bond acceptors (Lipinski definition) is 2. The third kappa shape index (κ3) is 6.15. The van der Waals surface area contributed by atoms with Crippen LogP contribution in [-0.2, 0) is 0 Å². The Labute approximate surface area is 113 Å². The Morgan fingerprint density at radius 2 is 1.94 bits per heavy atom. The van der Waals surface area contributed by atoms with Gasteiger partial charge < -0.3 is 5.32 Å². The highest BCUT2D eigenvalue weighted by Gasteiger charge is 2.21. The number of thioether (sulfide) groups is 1. The molecule has 1 saturated carbocycles. The van der Waals surface area contributed by atoms with E-state index in [-0.39, 0.29) is 0 Å². The van der Waals surface area contributed by atoms with Gasteiger partial charge in [-0.3, -0.25) is 0 Å². The molecule has 0 spiro atoms. The number of hydrogen-bond donors (Lipinski definition) is 1. The highest BCUT2D eigenvalue weighted by atomic mass is 32.2. The monoisotopic (exact) mass is 257 g/mol. The minimum atomic E-state index is 0.725. The Kier molecular flexibility index (Phi) is 7.61. The Hall–Kier alpha value is 0.310. The normalized spacial score (nSPS) is 27.4. The first kappa shape index (κ1) is 15.4. The fourth-order valence-corrected chi connectivity index (χ4v) is 4.38. The van der Waals surface area contributed by atoms with E-state index in [9.17, 15) is 0 Å². The molecule has 0 heterocycles. The van der Waals surface area contributed by atoms with Crippen molar-refractivity contribution in [1.29, 1.82) is 0 Å². The summed E-state index contributed by atoms with van der Waals surface area (Å²) in [5.41, 5.74) is 0. The van der Waals surface area contributed by atoms with Gasteiger partial charge in [0.1, 0.15) is 0 Å². The van der Waals surface area contributed by atoms with Crippen molar-refractivity contribution in [2.75, 3.05) is 6.54 Å². The molecule has 1 nitrogen and oxygen atoms in total. The Morgan fingerprint density at radius 3 is 2.53 bits per heavy atom. The van der Waals surface area contributed by atoms with Crippen LogP contribution in [0, 0.1) is 5.92 Å². The quantitative estimate of drug-likeness (QED) is 0.722. The molecule has 1 N–H and O–H groups in total. The third-order valence-electron chi connectivity index (χ3n) is 3.99.